The van der Waals surface area contributed by atoms with Gasteiger partial charge in [-0.15, -0.1) is 0 Å². The lowest BCUT2D eigenvalue weighted by Gasteiger charge is -2.29. The van der Waals surface area contributed by atoms with Gasteiger partial charge in [0.05, 0.1) is 38.3 Å². The zero-order valence-electron chi connectivity index (χ0n) is 18.8. The summed E-state index contributed by atoms with van der Waals surface area (Å²) in [7, 11) is 1.66. The van der Waals surface area contributed by atoms with Gasteiger partial charge in [0, 0.05) is 60.3 Å². The predicted octanol–water partition coefficient (Wildman–Crippen LogP) is 2.80. The average Bonchev–Trinajstić information content (AvgIpc) is 3.21. The van der Waals surface area contributed by atoms with Crippen LogP contribution in [0.25, 0.3) is 11.3 Å². The number of nitrogens with one attached hydrogen (secondary N) is 2. The fraction of sp³-hybridized carbons (Fsp3) is 0.375. The number of pyridine rings is 1. The van der Waals surface area contributed by atoms with E-state index in [1.165, 1.54) is 0 Å². The number of rotatable bonds is 6. The first-order chi connectivity index (χ1) is 16.1. The highest BCUT2D eigenvalue weighted by Crippen LogP contribution is 2.37. The van der Waals surface area contributed by atoms with Gasteiger partial charge in [0.2, 0.25) is 5.95 Å². The van der Waals surface area contributed by atoms with Crippen LogP contribution in [0.1, 0.15) is 12.5 Å². The summed E-state index contributed by atoms with van der Waals surface area (Å²) in [6, 6.07) is 9.96. The van der Waals surface area contributed by atoms with Crippen LogP contribution in [0.4, 0.5) is 23.1 Å². The molecule has 9 heteroatoms. The van der Waals surface area contributed by atoms with Crippen LogP contribution in [-0.2, 0) is 10.2 Å². The quantitative estimate of drug-likeness (QED) is 0.525. The average molecular weight is 449 g/mol. The number of aliphatic hydroxyl groups is 1. The van der Waals surface area contributed by atoms with E-state index in [1.807, 2.05) is 31.2 Å². The van der Waals surface area contributed by atoms with Crippen molar-refractivity contribution < 1.29 is 14.6 Å². The van der Waals surface area contributed by atoms with E-state index in [4.69, 9.17) is 14.5 Å². The number of aromatic nitrogens is 3. The molecular weight excluding hydrogens is 420 g/mol. The summed E-state index contributed by atoms with van der Waals surface area (Å²) in [6.45, 7) is 5.92. The number of methoxy groups -OCH3 is 1. The van der Waals surface area contributed by atoms with Crippen molar-refractivity contribution in [1.29, 1.82) is 0 Å². The van der Waals surface area contributed by atoms with Gasteiger partial charge < -0.3 is 30.1 Å². The van der Waals surface area contributed by atoms with Crippen LogP contribution in [0.2, 0.25) is 0 Å². The molecule has 1 unspecified atom stereocenters. The highest BCUT2D eigenvalue weighted by Gasteiger charge is 2.35. The molecule has 5 rings (SSSR count). The number of morpholine rings is 1. The summed E-state index contributed by atoms with van der Waals surface area (Å²) in [5.41, 5.74) is 4.14. The summed E-state index contributed by atoms with van der Waals surface area (Å²) < 4.78 is 11.1. The molecule has 4 heterocycles. The van der Waals surface area contributed by atoms with Crippen molar-refractivity contribution in [3.63, 3.8) is 0 Å². The van der Waals surface area contributed by atoms with Gasteiger partial charge in [0.1, 0.15) is 11.6 Å². The zero-order chi connectivity index (χ0) is 22.8. The van der Waals surface area contributed by atoms with Crippen molar-refractivity contribution in [2.45, 2.75) is 12.3 Å². The van der Waals surface area contributed by atoms with Crippen LogP contribution in [0.3, 0.4) is 0 Å². The van der Waals surface area contributed by atoms with Crippen LogP contribution in [0.5, 0.6) is 5.75 Å². The molecule has 3 aromatic rings. The zero-order valence-corrected chi connectivity index (χ0v) is 18.8. The van der Waals surface area contributed by atoms with Gasteiger partial charge in [-0.2, -0.15) is 0 Å². The van der Waals surface area contributed by atoms with Crippen LogP contribution >= 0.6 is 0 Å². The second-order valence-corrected chi connectivity index (χ2v) is 8.57. The summed E-state index contributed by atoms with van der Waals surface area (Å²) in [5, 5.41) is 16.4. The molecule has 2 aliphatic rings. The summed E-state index contributed by atoms with van der Waals surface area (Å²) in [4.78, 5) is 15.9. The number of hydrogen-bond donors (Lipinski definition) is 3. The van der Waals surface area contributed by atoms with E-state index >= 15 is 0 Å². The molecular formula is C24H28N6O3. The molecule has 1 atom stereocenters. The highest BCUT2D eigenvalue weighted by atomic mass is 16.5. The molecule has 1 saturated heterocycles. The third-order valence-corrected chi connectivity index (χ3v) is 6.29. The van der Waals surface area contributed by atoms with Gasteiger partial charge in [-0.3, -0.25) is 0 Å². The van der Waals surface area contributed by atoms with E-state index in [1.54, 1.807) is 19.5 Å². The Morgan fingerprint density at radius 2 is 2.06 bits per heavy atom. The lowest BCUT2D eigenvalue weighted by Crippen LogP contribution is -2.36. The molecule has 2 aromatic heterocycles. The van der Waals surface area contributed by atoms with Gasteiger partial charge in [-0.25, -0.2) is 15.0 Å². The molecule has 172 valence electrons. The largest absolute Gasteiger partial charge is 0.494 e. The predicted molar refractivity (Wildman–Crippen MR) is 127 cm³/mol. The van der Waals surface area contributed by atoms with Crippen LogP contribution in [0, 0.1) is 0 Å². The Labute approximate surface area is 192 Å². The van der Waals surface area contributed by atoms with E-state index in [0.717, 1.165) is 66.1 Å². The molecule has 0 saturated carbocycles. The Morgan fingerprint density at radius 3 is 2.85 bits per heavy atom. The molecule has 0 bridgehead atoms. The van der Waals surface area contributed by atoms with E-state index in [9.17, 15) is 5.11 Å². The topological polar surface area (TPSA) is 105 Å². The highest BCUT2D eigenvalue weighted by molar-refractivity contribution is 5.70. The minimum Gasteiger partial charge on any atom is -0.494 e. The lowest BCUT2D eigenvalue weighted by molar-refractivity contribution is 0.122. The van der Waals surface area contributed by atoms with Gasteiger partial charge in [0.25, 0.3) is 0 Å². The minimum atomic E-state index is -0.359. The van der Waals surface area contributed by atoms with Crippen molar-refractivity contribution in [2.75, 3.05) is 62.1 Å². The molecule has 1 aromatic carbocycles. The fourth-order valence-electron chi connectivity index (χ4n) is 4.22. The Kier molecular flexibility index (Phi) is 5.74. The van der Waals surface area contributed by atoms with Crippen LogP contribution < -0.4 is 20.3 Å². The third-order valence-electron chi connectivity index (χ3n) is 6.29. The number of aliphatic hydroxyl groups excluding tert-OH is 1. The summed E-state index contributed by atoms with van der Waals surface area (Å²) >= 11 is 0. The van der Waals surface area contributed by atoms with E-state index in [-0.39, 0.29) is 12.0 Å². The number of benzene rings is 1. The second kappa shape index (κ2) is 8.84. The number of ether oxygens (including phenoxy) is 2. The Balaban J connectivity index is 1.40. The van der Waals surface area contributed by atoms with Crippen LogP contribution in [0.15, 0.2) is 42.7 Å². The maximum absolute atomic E-state index is 9.87. The maximum Gasteiger partial charge on any atom is 0.227 e. The van der Waals surface area contributed by atoms with Gasteiger partial charge in [-0.05, 0) is 24.3 Å². The normalized spacial score (nSPS) is 19.7. The van der Waals surface area contributed by atoms with Gasteiger partial charge in [0.15, 0.2) is 0 Å². The van der Waals surface area contributed by atoms with Crippen molar-refractivity contribution >= 4 is 23.1 Å². The third kappa shape index (κ3) is 4.17. The smallest absolute Gasteiger partial charge is 0.227 e. The molecule has 3 N–H and O–H groups in total. The number of nitrogens with zero attached hydrogens (tertiary/aromatic N) is 4. The second-order valence-electron chi connectivity index (χ2n) is 8.57. The Morgan fingerprint density at radius 1 is 1.21 bits per heavy atom. The van der Waals surface area contributed by atoms with E-state index in [0.29, 0.717) is 12.5 Å². The summed E-state index contributed by atoms with van der Waals surface area (Å²) in [6.07, 6.45) is 3.51. The molecule has 0 aliphatic carbocycles. The number of anilines is 4. The SMILES string of the molecule is COc1cc(N2CCOCC2)ccc1Nc1nccc(-c2cnc3c(c2)C(C)(CO)CN3)n1. The molecule has 0 amide bonds. The minimum absolute atomic E-state index is 0.0506. The first-order valence-corrected chi connectivity index (χ1v) is 11.1. The van der Waals surface area contributed by atoms with E-state index in [2.05, 4.69) is 31.6 Å². The number of hydrogen-bond acceptors (Lipinski definition) is 9. The molecule has 1 fully saturated rings. The van der Waals surface area contributed by atoms with Crippen molar-refractivity contribution in [3.8, 4) is 17.0 Å². The van der Waals surface area contributed by atoms with Crippen molar-refractivity contribution in [1.82, 2.24) is 15.0 Å². The van der Waals surface area contributed by atoms with E-state index < -0.39 is 0 Å². The maximum atomic E-state index is 9.87. The van der Waals surface area contributed by atoms with Gasteiger partial charge >= 0.3 is 0 Å². The Bertz CT molecular complexity index is 1150. The van der Waals surface area contributed by atoms with Crippen molar-refractivity contribution in [2.24, 2.45) is 0 Å². The summed E-state index contributed by atoms with van der Waals surface area (Å²) in [5.74, 6) is 2.00. The fourth-order valence-corrected chi connectivity index (χ4v) is 4.22. The lowest BCUT2D eigenvalue weighted by atomic mass is 9.85. The first-order valence-electron chi connectivity index (χ1n) is 11.1. The molecule has 0 radical (unpaired) electrons. The number of fused-ring (bicyclic) bond motifs is 1. The molecule has 9 nitrogen and oxygen atoms in total. The Hall–Kier alpha value is -3.43. The standard InChI is InChI=1S/C24H28N6O3/c1-24(15-31)14-27-22-18(24)11-16(13-26-22)19-5-6-25-23(28-19)29-20-4-3-17(12-21(20)32-2)30-7-9-33-10-8-30/h3-6,11-13,31H,7-10,14-15H2,1-2H3,(H,26,27)(H,25,28,29). The molecule has 2 aliphatic heterocycles. The molecule has 33 heavy (non-hydrogen) atoms. The van der Waals surface area contributed by atoms with Crippen molar-refractivity contribution in [3.05, 3.63) is 48.3 Å². The monoisotopic (exact) mass is 448 g/mol. The first kappa shape index (κ1) is 21.4. The van der Waals surface area contributed by atoms with Crippen LogP contribution in [-0.4, -0.2) is 66.6 Å². The van der Waals surface area contributed by atoms with Gasteiger partial charge in [-0.1, -0.05) is 6.92 Å². The molecule has 0 spiro atoms.